The number of nitrogens with zero attached hydrogens (tertiary/aromatic N) is 1. The highest BCUT2D eigenvalue weighted by Gasteiger charge is 2.34. The largest absolute Gasteiger partial charge is 0.465 e. The SMILES string of the molecule is CCOC(=O)CS(=O)(=O)C1CCC(NC(=O)C2CCCC(N=C(N)N)C2)CC1. The van der Waals surface area contributed by atoms with Crippen molar-refractivity contribution in [1.29, 1.82) is 0 Å². The van der Waals surface area contributed by atoms with Crippen LogP contribution in [0.2, 0.25) is 0 Å². The zero-order valence-corrected chi connectivity index (χ0v) is 17.2. The molecular formula is C18H32N4O5S. The number of amides is 1. The van der Waals surface area contributed by atoms with Gasteiger partial charge >= 0.3 is 5.97 Å². The molecule has 2 saturated carbocycles. The molecule has 2 rings (SSSR count). The van der Waals surface area contributed by atoms with E-state index in [0.29, 0.717) is 32.1 Å². The fourth-order valence-electron chi connectivity index (χ4n) is 4.10. The maximum atomic E-state index is 12.6. The molecule has 160 valence electrons. The molecule has 28 heavy (non-hydrogen) atoms. The van der Waals surface area contributed by atoms with Gasteiger partial charge in [0.25, 0.3) is 0 Å². The van der Waals surface area contributed by atoms with E-state index in [1.165, 1.54) is 0 Å². The number of nitrogens with two attached hydrogens (primary N) is 2. The summed E-state index contributed by atoms with van der Waals surface area (Å²) in [5.74, 6) is -1.35. The van der Waals surface area contributed by atoms with Crippen molar-refractivity contribution in [2.24, 2.45) is 22.4 Å². The summed E-state index contributed by atoms with van der Waals surface area (Å²) in [6.45, 7) is 1.81. The van der Waals surface area contributed by atoms with Crippen molar-refractivity contribution in [2.75, 3.05) is 12.4 Å². The second-order valence-corrected chi connectivity index (χ2v) is 9.95. The van der Waals surface area contributed by atoms with Crippen LogP contribution in [0.5, 0.6) is 0 Å². The van der Waals surface area contributed by atoms with E-state index in [1.807, 2.05) is 0 Å². The number of rotatable bonds is 7. The van der Waals surface area contributed by atoms with E-state index in [4.69, 9.17) is 16.2 Å². The molecular weight excluding hydrogens is 384 g/mol. The molecule has 0 radical (unpaired) electrons. The third kappa shape index (κ3) is 6.65. The van der Waals surface area contributed by atoms with Gasteiger partial charge in [-0.3, -0.25) is 14.6 Å². The molecule has 1 amide bonds. The Bertz CT molecular complexity index is 682. The van der Waals surface area contributed by atoms with Gasteiger partial charge in [-0.25, -0.2) is 8.42 Å². The first-order valence-electron chi connectivity index (χ1n) is 9.97. The first-order chi connectivity index (χ1) is 13.2. The molecule has 5 N–H and O–H groups in total. The summed E-state index contributed by atoms with van der Waals surface area (Å²) in [5, 5.41) is 2.51. The number of hydrogen-bond donors (Lipinski definition) is 3. The Morgan fingerprint density at radius 1 is 1.11 bits per heavy atom. The van der Waals surface area contributed by atoms with Crippen LogP contribution < -0.4 is 16.8 Å². The Labute approximate surface area is 166 Å². The average Bonchev–Trinajstić information content (AvgIpc) is 2.61. The van der Waals surface area contributed by atoms with Crippen LogP contribution in [0.4, 0.5) is 0 Å². The molecule has 0 spiro atoms. The molecule has 0 aliphatic heterocycles. The van der Waals surface area contributed by atoms with Gasteiger partial charge in [0.15, 0.2) is 15.8 Å². The number of aliphatic imine (C=N–C) groups is 1. The zero-order chi connectivity index (χ0) is 20.7. The number of guanidine groups is 1. The number of carbonyl (C=O) groups is 2. The molecule has 2 unspecified atom stereocenters. The Morgan fingerprint density at radius 3 is 2.39 bits per heavy atom. The summed E-state index contributed by atoms with van der Waals surface area (Å²) in [5.41, 5.74) is 10.9. The van der Waals surface area contributed by atoms with Gasteiger partial charge in [0.2, 0.25) is 5.91 Å². The lowest BCUT2D eigenvalue weighted by Gasteiger charge is -2.31. The van der Waals surface area contributed by atoms with Crippen molar-refractivity contribution >= 4 is 27.7 Å². The third-order valence-corrected chi connectivity index (χ3v) is 7.63. The predicted molar refractivity (Wildman–Crippen MR) is 106 cm³/mol. The van der Waals surface area contributed by atoms with Crippen molar-refractivity contribution in [3.8, 4) is 0 Å². The average molecular weight is 417 g/mol. The Balaban J connectivity index is 1.81. The van der Waals surface area contributed by atoms with E-state index in [-0.39, 0.29) is 36.5 Å². The Morgan fingerprint density at radius 2 is 1.79 bits per heavy atom. The predicted octanol–water partition coefficient (Wildman–Crippen LogP) is 0.224. The Hall–Kier alpha value is -1.84. The van der Waals surface area contributed by atoms with E-state index >= 15 is 0 Å². The van der Waals surface area contributed by atoms with Crippen LogP contribution in [-0.4, -0.2) is 55.9 Å². The molecule has 0 saturated heterocycles. The molecule has 2 aliphatic rings. The van der Waals surface area contributed by atoms with Crippen LogP contribution in [0.3, 0.4) is 0 Å². The number of nitrogens with one attached hydrogen (secondary N) is 1. The zero-order valence-electron chi connectivity index (χ0n) is 16.4. The summed E-state index contributed by atoms with van der Waals surface area (Å²) in [6.07, 6.45) is 5.27. The lowest BCUT2D eigenvalue weighted by Crippen LogP contribution is -2.44. The fraction of sp³-hybridized carbons (Fsp3) is 0.833. The monoisotopic (exact) mass is 416 g/mol. The van der Waals surface area contributed by atoms with Gasteiger partial charge in [-0.05, 0) is 51.9 Å². The fourth-order valence-corrected chi connectivity index (χ4v) is 5.74. The van der Waals surface area contributed by atoms with E-state index in [1.54, 1.807) is 6.92 Å². The number of ether oxygens (including phenoxy) is 1. The molecule has 2 aliphatic carbocycles. The van der Waals surface area contributed by atoms with Crippen molar-refractivity contribution in [3.63, 3.8) is 0 Å². The van der Waals surface area contributed by atoms with Crippen LogP contribution >= 0.6 is 0 Å². The molecule has 10 heteroatoms. The summed E-state index contributed by atoms with van der Waals surface area (Å²) >= 11 is 0. The summed E-state index contributed by atoms with van der Waals surface area (Å²) < 4.78 is 29.4. The minimum atomic E-state index is -3.52. The summed E-state index contributed by atoms with van der Waals surface area (Å²) in [4.78, 5) is 28.3. The number of sulfone groups is 1. The number of esters is 1. The minimum Gasteiger partial charge on any atom is -0.465 e. The van der Waals surface area contributed by atoms with Gasteiger partial charge in [-0.2, -0.15) is 0 Å². The molecule has 0 aromatic carbocycles. The van der Waals surface area contributed by atoms with Crippen LogP contribution in [0, 0.1) is 5.92 Å². The smallest absolute Gasteiger partial charge is 0.321 e. The molecule has 0 heterocycles. The quantitative estimate of drug-likeness (QED) is 0.305. The first kappa shape index (κ1) is 22.4. The summed E-state index contributed by atoms with van der Waals surface area (Å²) in [6, 6.07) is -0.0525. The number of hydrogen-bond acceptors (Lipinski definition) is 6. The number of carbonyl (C=O) groups excluding carboxylic acids is 2. The topological polar surface area (TPSA) is 154 Å². The maximum Gasteiger partial charge on any atom is 0.321 e. The summed E-state index contributed by atoms with van der Waals surface area (Å²) in [7, 11) is -3.52. The van der Waals surface area contributed by atoms with Gasteiger partial charge in [0.05, 0.1) is 17.9 Å². The van der Waals surface area contributed by atoms with Crippen LogP contribution in [-0.2, 0) is 24.2 Å². The molecule has 2 fully saturated rings. The highest BCUT2D eigenvalue weighted by molar-refractivity contribution is 7.92. The van der Waals surface area contributed by atoms with Crippen LogP contribution in [0.15, 0.2) is 4.99 Å². The highest BCUT2D eigenvalue weighted by Crippen LogP contribution is 2.29. The first-order valence-corrected chi connectivity index (χ1v) is 11.7. The van der Waals surface area contributed by atoms with Gasteiger partial charge in [0, 0.05) is 12.0 Å². The minimum absolute atomic E-state index is 0.00618. The van der Waals surface area contributed by atoms with Crippen molar-refractivity contribution in [2.45, 2.75) is 75.6 Å². The van der Waals surface area contributed by atoms with E-state index in [0.717, 1.165) is 19.3 Å². The van der Waals surface area contributed by atoms with E-state index in [2.05, 4.69) is 10.3 Å². The van der Waals surface area contributed by atoms with Gasteiger partial charge < -0.3 is 21.5 Å². The third-order valence-electron chi connectivity index (χ3n) is 5.50. The Kier molecular flexibility index (Phi) is 8.09. The molecule has 0 aromatic rings. The normalized spacial score (nSPS) is 28.2. The lowest BCUT2D eigenvalue weighted by molar-refractivity contribution is -0.140. The maximum absolute atomic E-state index is 12.6. The highest BCUT2D eigenvalue weighted by atomic mass is 32.2. The van der Waals surface area contributed by atoms with Crippen molar-refractivity contribution in [1.82, 2.24) is 5.32 Å². The van der Waals surface area contributed by atoms with E-state index < -0.39 is 26.8 Å². The van der Waals surface area contributed by atoms with Gasteiger partial charge in [-0.15, -0.1) is 0 Å². The lowest BCUT2D eigenvalue weighted by atomic mass is 9.84. The van der Waals surface area contributed by atoms with Crippen molar-refractivity contribution < 1.29 is 22.7 Å². The second-order valence-electron chi connectivity index (χ2n) is 7.67. The van der Waals surface area contributed by atoms with Crippen LogP contribution in [0.25, 0.3) is 0 Å². The van der Waals surface area contributed by atoms with Crippen LogP contribution in [0.1, 0.15) is 58.3 Å². The molecule has 9 nitrogen and oxygen atoms in total. The van der Waals surface area contributed by atoms with Crippen molar-refractivity contribution in [3.05, 3.63) is 0 Å². The second kappa shape index (κ2) is 10.1. The molecule has 0 aromatic heterocycles. The van der Waals surface area contributed by atoms with Gasteiger partial charge in [0.1, 0.15) is 5.75 Å². The molecule has 2 atom stereocenters. The van der Waals surface area contributed by atoms with E-state index in [9.17, 15) is 18.0 Å². The standard InChI is InChI=1S/C18H32N4O5S/c1-2-27-16(23)11-28(25,26)15-8-6-13(7-9-15)21-17(24)12-4-3-5-14(10-12)22-18(19)20/h12-15H,2-11H2,1H3,(H,21,24)(H4,19,20,22). The molecule has 0 bridgehead atoms. The van der Waals surface area contributed by atoms with Gasteiger partial charge in [-0.1, -0.05) is 6.42 Å².